The molecule has 1 N–H and O–H groups in total. The summed E-state index contributed by atoms with van der Waals surface area (Å²) < 4.78 is 1.30. The molecule has 0 amide bonds. The minimum absolute atomic E-state index is 0.191. The number of H-pyrrole nitrogens is 1. The minimum Gasteiger partial charge on any atom is -0.359 e. The largest absolute Gasteiger partial charge is 0.359 e. The highest BCUT2D eigenvalue weighted by Crippen LogP contribution is 2.51. The standard InChI is InChI=1S/C18H17IN2/c1-12-17-15(7-10-20-12)16(11-21-17)18(8-2-9-18)13-3-5-14(19)6-4-13/h3-7,10-11,21H,2,8-9H2,1H3. The summed E-state index contributed by atoms with van der Waals surface area (Å²) >= 11 is 2.37. The molecule has 1 fully saturated rings. The third-order valence-corrected chi connectivity index (χ3v) is 5.63. The van der Waals surface area contributed by atoms with Crippen molar-refractivity contribution >= 4 is 33.5 Å². The number of nitrogens with one attached hydrogen (secondary N) is 1. The fraction of sp³-hybridized carbons (Fsp3) is 0.278. The second kappa shape index (κ2) is 4.83. The summed E-state index contributed by atoms with van der Waals surface area (Å²) in [5.41, 5.74) is 5.34. The smallest absolute Gasteiger partial charge is 0.0673 e. The van der Waals surface area contributed by atoms with Gasteiger partial charge in [0.05, 0.1) is 11.2 Å². The average Bonchev–Trinajstić information content (AvgIpc) is 2.86. The third kappa shape index (κ3) is 1.94. The van der Waals surface area contributed by atoms with Gasteiger partial charge in [-0.3, -0.25) is 4.98 Å². The van der Waals surface area contributed by atoms with Crippen LogP contribution in [-0.2, 0) is 5.41 Å². The second-order valence-electron chi connectivity index (χ2n) is 5.96. The van der Waals surface area contributed by atoms with Gasteiger partial charge in [-0.2, -0.15) is 0 Å². The van der Waals surface area contributed by atoms with Crippen LogP contribution in [0.3, 0.4) is 0 Å². The first kappa shape index (κ1) is 13.3. The Morgan fingerprint density at radius 1 is 1.14 bits per heavy atom. The van der Waals surface area contributed by atoms with Crippen LogP contribution in [0.2, 0.25) is 0 Å². The Kier molecular flexibility index (Phi) is 3.06. The summed E-state index contributed by atoms with van der Waals surface area (Å²) in [4.78, 5) is 7.85. The third-order valence-electron chi connectivity index (χ3n) is 4.91. The van der Waals surface area contributed by atoms with Gasteiger partial charge in [-0.25, -0.2) is 0 Å². The predicted octanol–water partition coefficient (Wildman–Crippen LogP) is 4.95. The van der Waals surface area contributed by atoms with Crippen LogP contribution in [0.1, 0.15) is 36.1 Å². The fourth-order valence-corrected chi connectivity index (χ4v) is 3.96. The molecule has 0 saturated heterocycles. The SMILES string of the molecule is Cc1nccc2c(C3(c4ccc(I)cc4)CCC3)c[nH]c12. The van der Waals surface area contributed by atoms with Gasteiger partial charge in [0.1, 0.15) is 0 Å². The van der Waals surface area contributed by atoms with E-state index in [1.165, 1.54) is 44.9 Å². The van der Waals surface area contributed by atoms with Crippen molar-refractivity contribution in [1.29, 1.82) is 0 Å². The van der Waals surface area contributed by atoms with Crippen molar-refractivity contribution in [3.8, 4) is 0 Å². The van der Waals surface area contributed by atoms with Crippen molar-refractivity contribution in [3.63, 3.8) is 0 Å². The number of benzene rings is 1. The number of halogens is 1. The quantitative estimate of drug-likeness (QED) is 0.619. The molecule has 3 aromatic rings. The number of nitrogens with zero attached hydrogens (tertiary/aromatic N) is 1. The first-order chi connectivity index (χ1) is 10.2. The topological polar surface area (TPSA) is 28.7 Å². The molecular weight excluding hydrogens is 371 g/mol. The Morgan fingerprint density at radius 2 is 1.90 bits per heavy atom. The molecule has 1 aliphatic rings. The number of hydrogen-bond donors (Lipinski definition) is 1. The van der Waals surface area contributed by atoms with E-state index in [0.29, 0.717) is 0 Å². The summed E-state index contributed by atoms with van der Waals surface area (Å²) in [5.74, 6) is 0. The molecule has 1 saturated carbocycles. The maximum absolute atomic E-state index is 4.40. The zero-order valence-electron chi connectivity index (χ0n) is 12.0. The maximum atomic E-state index is 4.40. The molecule has 2 nitrogen and oxygen atoms in total. The van der Waals surface area contributed by atoms with Crippen molar-refractivity contribution in [1.82, 2.24) is 9.97 Å². The minimum atomic E-state index is 0.191. The number of hydrogen-bond acceptors (Lipinski definition) is 1. The number of pyridine rings is 1. The van der Waals surface area contributed by atoms with Crippen LogP contribution < -0.4 is 0 Å². The van der Waals surface area contributed by atoms with Crippen LogP contribution in [0.4, 0.5) is 0 Å². The number of aromatic nitrogens is 2. The van der Waals surface area contributed by atoms with Gasteiger partial charge in [-0.15, -0.1) is 0 Å². The molecule has 0 atom stereocenters. The van der Waals surface area contributed by atoms with Crippen LogP contribution in [0.5, 0.6) is 0 Å². The van der Waals surface area contributed by atoms with E-state index >= 15 is 0 Å². The Balaban J connectivity index is 1.92. The molecule has 0 bridgehead atoms. The average molecular weight is 388 g/mol. The summed E-state index contributed by atoms with van der Waals surface area (Å²) in [7, 11) is 0. The highest BCUT2D eigenvalue weighted by Gasteiger charge is 2.41. The van der Waals surface area contributed by atoms with Crippen molar-refractivity contribution in [2.75, 3.05) is 0 Å². The van der Waals surface area contributed by atoms with Gasteiger partial charge < -0.3 is 4.98 Å². The van der Waals surface area contributed by atoms with Gasteiger partial charge in [-0.1, -0.05) is 18.6 Å². The van der Waals surface area contributed by atoms with Crippen LogP contribution in [0, 0.1) is 10.5 Å². The van der Waals surface area contributed by atoms with Crippen molar-refractivity contribution in [2.24, 2.45) is 0 Å². The van der Waals surface area contributed by atoms with Gasteiger partial charge in [0.25, 0.3) is 0 Å². The molecule has 0 unspecified atom stereocenters. The van der Waals surface area contributed by atoms with Crippen molar-refractivity contribution in [2.45, 2.75) is 31.6 Å². The lowest BCUT2D eigenvalue weighted by atomic mass is 9.60. The van der Waals surface area contributed by atoms with Crippen LogP contribution >= 0.6 is 22.6 Å². The number of aryl methyl sites for hydroxylation is 1. The highest BCUT2D eigenvalue weighted by molar-refractivity contribution is 14.1. The summed E-state index contributed by atoms with van der Waals surface area (Å²) in [6, 6.07) is 11.2. The van der Waals surface area contributed by atoms with Gasteiger partial charge in [-0.05, 0) is 71.7 Å². The Labute approximate surface area is 138 Å². The van der Waals surface area contributed by atoms with Crippen LogP contribution in [-0.4, -0.2) is 9.97 Å². The maximum Gasteiger partial charge on any atom is 0.0673 e. The van der Waals surface area contributed by atoms with Gasteiger partial charge in [0.2, 0.25) is 0 Å². The molecule has 1 aromatic carbocycles. The Bertz CT molecular complexity index is 798. The summed E-state index contributed by atoms with van der Waals surface area (Å²) in [5, 5.41) is 1.33. The van der Waals surface area contributed by atoms with Gasteiger partial charge in [0.15, 0.2) is 0 Å². The molecule has 4 rings (SSSR count). The molecular formula is C18H17IN2. The highest BCUT2D eigenvalue weighted by atomic mass is 127. The predicted molar refractivity (Wildman–Crippen MR) is 94.6 cm³/mol. The molecule has 0 aliphatic heterocycles. The lowest BCUT2D eigenvalue weighted by Gasteiger charge is -2.42. The lowest BCUT2D eigenvalue weighted by molar-refractivity contribution is 0.304. The number of aromatic amines is 1. The van der Waals surface area contributed by atoms with Crippen molar-refractivity contribution < 1.29 is 0 Å². The molecule has 3 heteroatoms. The van der Waals surface area contributed by atoms with Crippen LogP contribution in [0.15, 0.2) is 42.7 Å². The Hall–Kier alpha value is -1.36. The lowest BCUT2D eigenvalue weighted by Crippen LogP contribution is -2.35. The molecule has 2 heterocycles. The van der Waals surface area contributed by atoms with Gasteiger partial charge in [0, 0.05) is 26.8 Å². The van der Waals surface area contributed by atoms with E-state index in [9.17, 15) is 0 Å². The monoisotopic (exact) mass is 388 g/mol. The van der Waals surface area contributed by atoms with E-state index in [1.54, 1.807) is 0 Å². The Morgan fingerprint density at radius 3 is 2.57 bits per heavy atom. The molecule has 2 aromatic heterocycles. The number of fused-ring (bicyclic) bond motifs is 1. The molecule has 0 radical (unpaired) electrons. The second-order valence-corrected chi connectivity index (χ2v) is 7.21. The van der Waals surface area contributed by atoms with E-state index in [0.717, 1.165) is 5.69 Å². The van der Waals surface area contributed by atoms with Crippen LogP contribution in [0.25, 0.3) is 10.9 Å². The van der Waals surface area contributed by atoms with Gasteiger partial charge >= 0.3 is 0 Å². The zero-order chi connectivity index (χ0) is 14.4. The first-order valence-electron chi connectivity index (χ1n) is 7.40. The zero-order valence-corrected chi connectivity index (χ0v) is 14.1. The molecule has 106 valence electrons. The van der Waals surface area contributed by atoms with E-state index in [2.05, 4.69) is 76.0 Å². The van der Waals surface area contributed by atoms with Crippen molar-refractivity contribution in [3.05, 3.63) is 63.1 Å². The summed E-state index contributed by atoms with van der Waals surface area (Å²) in [6.07, 6.45) is 7.92. The van der Waals surface area contributed by atoms with E-state index in [4.69, 9.17) is 0 Å². The summed E-state index contributed by atoms with van der Waals surface area (Å²) in [6.45, 7) is 2.07. The fourth-order valence-electron chi connectivity index (χ4n) is 3.60. The normalized spacial score (nSPS) is 16.9. The molecule has 0 spiro atoms. The van der Waals surface area contributed by atoms with E-state index < -0.39 is 0 Å². The van der Waals surface area contributed by atoms with E-state index in [1.807, 2.05) is 6.20 Å². The molecule has 21 heavy (non-hydrogen) atoms. The van der Waals surface area contributed by atoms with E-state index in [-0.39, 0.29) is 5.41 Å². The first-order valence-corrected chi connectivity index (χ1v) is 8.48. The number of rotatable bonds is 2. The molecule has 1 aliphatic carbocycles.